The summed E-state index contributed by atoms with van der Waals surface area (Å²) in [5, 5.41) is 0. The van der Waals surface area contributed by atoms with Crippen LogP contribution in [0.25, 0.3) is 0 Å². The average molecular weight is 336 g/mol. The predicted octanol–water partition coefficient (Wildman–Crippen LogP) is 4.56. The number of nitrogens with zero attached hydrogens (tertiary/aromatic N) is 1. The maximum atomic E-state index is 13.9. The van der Waals surface area contributed by atoms with Crippen LogP contribution in [0.1, 0.15) is 22.8 Å². The summed E-state index contributed by atoms with van der Waals surface area (Å²) in [6.07, 6.45) is 0. The molecule has 4 heteroatoms. The molecule has 2 aromatic rings. The SMILES string of the molecule is CCN(C(=O)c1cc(C)ccc1Br)c1ccccc1F. The van der Waals surface area contributed by atoms with Crippen LogP contribution in [0, 0.1) is 12.7 Å². The van der Waals surface area contributed by atoms with Crippen molar-refractivity contribution in [2.24, 2.45) is 0 Å². The summed E-state index contributed by atoms with van der Waals surface area (Å²) < 4.78 is 14.6. The molecule has 104 valence electrons. The summed E-state index contributed by atoms with van der Waals surface area (Å²) in [5.41, 5.74) is 1.82. The van der Waals surface area contributed by atoms with Gasteiger partial charge in [-0.1, -0.05) is 23.8 Å². The molecule has 0 atom stereocenters. The number of halogens is 2. The second kappa shape index (κ2) is 6.18. The summed E-state index contributed by atoms with van der Waals surface area (Å²) in [7, 11) is 0. The molecule has 0 aromatic heterocycles. The van der Waals surface area contributed by atoms with E-state index < -0.39 is 5.82 Å². The summed E-state index contributed by atoms with van der Waals surface area (Å²) in [6, 6.07) is 11.9. The second-order valence-electron chi connectivity index (χ2n) is 4.48. The molecule has 1 amide bonds. The highest BCUT2D eigenvalue weighted by Crippen LogP contribution is 2.25. The molecular weight excluding hydrogens is 321 g/mol. The topological polar surface area (TPSA) is 20.3 Å². The highest BCUT2D eigenvalue weighted by Gasteiger charge is 2.20. The van der Waals surface area contributed by atoms with Gasteiger partial charge >= 0.3 is 0 Å². The molecule has 0 saturated carbocycles. The van der Waals surface area contributed by atoms with Crippen molar-refractivity contribution in [2.75, 3.05) is 11.4 Å². The first-order valence-corrected chi connectivity index (χ1v) is 7.16. The van der Waals surface area contributed by atoms with Crippen molar-refractivity contribution in [2.45, 2.75) is 13.8 Å². The van der Waals surface area contributed by atoms with Crippen molar-refractivity contribution in [3.8, 4) is 0 Å². The van der Waals surface area contributed by atoms with E-state index in [2.05, 4.69) is 15.9 Å². The Kier molecular flexibility index (Phi) is 4.55. The van der Waals surface area contributed by atoms with E-state index in [1.165, 1.54) is 11.0 Å². The van der Waals surface area contributed by atoms with Crippen LogP contribution >= 0.6 is 15.9 Å². The van der Waals surface area contributed by atoms with Crippen LogP contribution in [0.15, 0.2) is 46.9 Å². The molecular formula is C16H15BrFNO. The summed E-state index contributed by atoms with van der Waals surface area (Å²) in [5.74, 6) is -0.611. The lowest BCUT2D eigenvalue weighted by Gasteiger charge is -2.22. The van der Waals surface area contributed by atoms with Gasteiger partial charge in [0.15, 0.2) is 0 Å². The smallest absolute Gasteiger partial charge is 0.259 e. The Morgan fingerprint density at radius 1 is 1.25 bits per heavy atom. The number of amides is 1. The van der Waals surface area contributed by atoms with Gasteiger partial charge < -0.3 is 4.90 Å². The highest BCUT2D eigenvalue weighted by molar-refractivity contribution is 9.10. The summed E-state index contributed by atoms with van der Waals surface area (Å²) >= 11 is 3.38. The molecule has 0 heterocycles. The van der Waals surface area contributed by atoms with E-state index >= 15 is 0 Å². The molecule has 0 bridgehead atoms. The van der Waals surface area contributed by atoms with Crippen LogP contribution in [-0.4, -0.2) is 12.5 Å². The van der Waals surface area contributed by atoms with Crippen molar-refractivity contribution < 1.29 is 9.18 Å². The minimum Gasteiger partial charge on any atom is -0.306 e. The molecule has 0 aliphatic heterocycles. The van der Waals surface area contributed by atoms with Gasteiger partial charge in [-0.25, -0.2) is 4.39 Å². The number of benzene rings is 2. The highest BCUT2D eigenvalue weighted by atomic mass is 79.9. The fourth-order valence-corrected chi connectivity index (χ4v) is 2.46. The number of aryl methyl sites for hydroxylation is 1. The Morgan fingerprint density at radius 3 is 2.60 bits per heavy atom. The Hall–Kier alpha value is -1.68. The number of para-hydroxylation sites is 1. The Balaban J connectivity index is 2.45. The normalized spacial score (nSPS) is 10.4. The zero-order valence-electron chi connectivity index (χ0n) is 11.4. The zero-order chi connectivity index (χ0) is 14.7. The van der Waals surface area contributed by atoms with Crippen LogP contribution in [0.5, 0.6) is 0 Å². The van der Waals surface area contributed by atoms with E-state index in [1.54, 1.807) is 24.3 Å². The third-order valence-electron chi connectivity index (χ3n) is 3.06. The molecule has 0 saturated heterocycles. The Morgan fingerprint density at radius 2 is 1.95 bits per heavy atom. The van der Waals surface area contributed by atoms with Gasteiger partial charge in [-0.2, -0.15) is 0 Å². The molecule has 0 unspecified atom stereocenters. The largest absolute Gasteiger partial charge is 0.306 e. The van der Waals surface area contributed by atoms with E-state index in [-0.39, 0.29) is 5.91 Å². The fourth-order valence-electron chi connectivity index (χ4n) is 2.04. The third-order valence-corrected chi connectivity index (χ3v) is 3.75. The second-order valence-corrected chi connectivity index (χ2v) is 5.34. The van der Waals surface area contributed by atoms with Crippen LogP contribution in [-0.2, 0) is 0 Å². The molecule has 0 radical (unpaired) electrons. The number of hydrogen-bond acceptors (Lipinski definition) is 1. The maximum absolute atomic E-state index is 13.9. The number of carbonyl (C=O) groups is 1. The van der Waals surface area contributed by atoms with Gasteiger partial charge in [0.05, 0.1) is 11.3 Å². The summed E-state index contributed by atoms with van der Waals surface area (Å²) in [6.45, 7) is 4.15. The Labute approximate surface area is 126 Å². The van der Waals surface area contributed by atoms with Crippen molar-refractivity contribution >= 4 is 27.5 Å². The van der Waals surface area contributed by atoms with Crippen molar-refractivity contribution in [3.05, 3.63) is 63.9 Å². The van der Waals surface area contributed by atoms with Gasteiger partial charge in [-0.05, 0) is 54.0 Å². The van der Waals surface area contributed by atoms with Crippen molar-refractivity contribution in [1.82, 2.24) is 0 Å². The van der Waals surface area contributed by atoms with Gasteiger partial charge in [-0.15, -0.1) is 0 Å². The lowest BCUT2D eigenvalue weighted by molar-refractivity contribution is 0.0986. The van der Waals surface area contributed by atoms with Crippen molar-refractivity contribution in [1.29, 1.82) is 0 Å². The van der Waals surface area contributed by atoms with E-state index in [0.29, 0.717) is 22.3 Å². The lowest BCUT2D eigenvalue weighted by atomic mass is 10.1. The molecule has 0 aliphatic carbocycles. The minimum atomic E-state index is -0.397. The molecule has 2 aromatic carbocycles. The van der Waals surface area contributed by atoms with Crippen molar-refractivity contribution in [3.63, 3.8) is 0 Å². The van der Waals surface area contributed by atoms with Crippen LogP contribution in [0.4, 0.5) is 10.1 Å². The molecule has 2 rings (SSSR count). The van der Waals surface area contributed by atoms with Crippen LogP contribution in [0.2, 0.25) is 0 Å². The van der Waals surface area contributed by atoms with E-state index in [0.717, 1.165) is 5.56 Å². The predicted molar refractivity (Wildman–Crippen MR) is 82.6 cm³/mol. The lowest BCUT2D eigenvalue weighted by Crippen LogP contribution is -2.31. The average Bonchev–Trinajstić information content (AvgIpc) is 2.44. The number of hydrogen-bond donors (Lipinski definition) is 0. The first-order chi connectivity index (χ1) is 9.54. The molecule has 0 spiro atoms. The first-order valence-electron chi connectivity index (χ1n) is 6.37. The van der Waals surface area contributed by atoms with Gasteiger partial charge in [-0.3, -0.25) is 4.79 Å². The fraction of sp³-hybridized carbons (Fsp3) is 0.188. The third kappa shape index (κ3) is 2.90. The van der Waals surface area contributed by atoms with Gasteiger partial charge in [0.2, 0.25) is 0 Å². The Bertz CT molecular complexity index is 642. The first kappa shape index (κ1) is 14.7. The van der Waals surface area contributed by atoms with Gasteiger partial charge in [0.1, 0.15) is 5.82 Å². The molecule has 0 aliphatic rings. The number of carbonyl (C=O) groups excluding carboxylic acids is 1. The molecule has 20 heavy (non-hydrogen) atoms. The van der Waals surface area contributed by atoms with Crippen LogP contribution < -0.4 is 4.90 Å². The quantitative estimate of drug-likeness (QED) is 0.804. The minimum absolute atomic E-state index is 0.215. The number of anilines is 1. The molecule has 0 N–H and O–H groups in total. The number of rotatable bonds is 3. The van der Waals surface area contributed by atoms with Gasteiger partial charge in [0, 0.05) is 11.0 Å². The van der Waals surface area contributed by atoms with Crippen LogP contribution in [0.3, 0.4) is 0 Å². The zero-order valence-corrected chi connectivity index (χ0v) is 12.9. The van der Waals surface area contributed by atoms with E-state index in [1.807, 2.05) is 26.0 Å². The van der Waals surface area contributed by atoms with E-state index in [9.17, 15) is 9.18 Å². The summed E-state index contributed by atoms with van der Waals surface area (Å²) in [4.78, 5) is 14.1. The molecule has 0 fully saturated rings. The maximum Gasteiger partial charge on any atom is 0.259 e. The monoisotopic (exact) mass is 335 g/mol. The van der Waals surface area contributed by atoms with Gasteiger partial charge in [0.25, 0.3) is 5.91 Å². The molecule has 2 nitrogen and oxygen atoms in total. The van der Waals surface area contributed by atoms with E-state index in [4.69, 9.17) is 0 Å². The standard InChI is InChI=1S/C16H15BrFNO/c1-3-19(15-7-5-4-6-14(15)18)16(20)12-10-11(2)8-9-13(12)17/h4-10H,3H2,1-2H3.